The zero-order valence-electron chi connectivity index (χ0n) is 18.3. The highest BCUT2D eigenvalue weighted by atomic mass is 16.2. The highest BCUT2D eigenvalue weighted by molar-refractivity contribution is 5.99. The third kappa shape index (κ3) is 4.35. The number of rotatable bonds is 6. The fourth-order valence-corrected chi connectivity index (χ4v) is 4.45. The molecule has 0 saturated carbocycles. The highest BCUT2D eigenvalue weighted by Gasteiger charge is 2.46. The van der Waals surface area contributed by atoms with Crippen molar-refractivity contribution in [1.82, 2.24) is 15.2 Å². The second-order valence-electron chi connectivity index (χ2n) is 8.30. The van der Waals surface area contributed by atoms with Crippen LogP contribution >= 0.6 is 0 Å². The largest absolute Gasteiger partial charge is 0.383 e. The minimum atomic E-state index is -0.683. The summed E-state index contributed by atoms with van der Waals surface area (Å²) in [4.78, 5) is 32.1. The van der Waals surface area contributed by atoms with Gasteiger partial charge in [-0.05, 0) is 48.6 Å². The summed E-state index contributed by atoms with van der Waals surface area (Å²) in [5.74, 6) is 0.0166. The van der Waals surface area contributed by atoms with E-state index in [9.17, 15) is 9.59 Å². The summed E-state index contributed by atoms with van der Waals surface area (Å²) in [7, 11) is 0. The number of nitrogens with one attached hydrogen (secondary N) is 1. The van der Waals surface area contributed by atoms with Crippen molar-refractivity contribution >= 4 is 17.6 Å². The van der Waals surface area contributed by atoms with E-state index in [1.54, 1.807) is 23.2 Å². The van der Waals surface area contributed by atoms with E-state index in [4.69, 9.17) is 5.73 Å². The average Bonchev–Trinajstić information content (AvgIpc) is 3.25. The second kappa shape index (κ2) is 9.22. The van der Waals surface area contributed by atoms with Crippen LogP contribution in [0.1, 0.15) is 29.3 Å². The molecule has 1 fully saturated rings. The first kappa shape index (κ1) is 21.6. The number of amides is 2. The number of anilines is 1. The molecule has 2 amide bonds. The maximum Gasteiger partial charge on any atom is 0.257 e. The van der Waals surface area contributed by atoms with Crippen LogP contribution in [0.5, 0.6) is 0 Å². The molecule has 0 radical (unpaired) electrons. The zero-order valence-corrected chi connectivity index (χ0v) is 18.3. The van der Waals surface area contributed by atoms with Crippen LogP contribution in [0.15, 0.2) is 72.9 Å². The van der Waals surface area contributed by atoms with E-state index < -0.39 is 5.41 Å². The average molecular weight is 429 g/mol. The number of nitrogen functional groups attached to an aromatic ring is 1. The van der Waals surface area contributed by atoms with Crippen LogP contribution in [-0.2, 0) is 11.2 Å². The van der Waals surface area contributed by atoms with Gasteiger partial charge in [-0.3, -0.25) is 9.59 Å². The van der Waals surface area contributed by atoms with Crippen molar-refractivity contribution in [3.8, 4) is 11.1 Å². The molecule has 3 aromatic rings. The molecular formula is C26H28N4O2. The predicted octanol–water partition coefficient (Wildman–Crippen LogP) is 3.54. The molecular weight excluding hydrogens is 400 g/mol. The summed E-state index contributed by atoms with van der Waals surface area (Å²) in [6, 6.07) is 21.9. The molecule has 164 valence electrons. The zero-order chi connectivity index (χ0) is 22.6. The van der Waals surface area contributed by atoms with Crippen molar-refractivity contribution in [2.45, 2.75) is 19.8 Å². The van der Waals surface area contributed by atoms with Gasteiger partial charge >= 0.3 is 0 Å². The number of nitrogens with two attached hydrogens (primary N) is 1. The van der Waals surface area contributed by atoms with Crippen molar-refractivity contribution < 1.29 is 9.59 Å². The van der Waals surface area contributed by atoms with Crippen molar-refractivity contribution in [3.05, 3.63) is 84.1 Å². The molecule has 1 aliphatic rings. The molecule has 0 unspecified atom stereocenters. The fraction of sp³-hybridized carbons (Fsp3) is 0.269. The lowest BCUT2D eigenvalue weighted by Gasteiger charge is -2.28. The van der Waals surface area contributed by atoms with Gasteiger partial charge < -0.3 is 16.0 Å². The monoisotopic (exact) mass is 428 g/mol. The molecule has 1 aliphatic heterocycles. The summed E-state index contributed by atoms with van der Waals surface area (Å²) in [6.07, 6.45) is 2.72. The smallest absolute Gasteiger partial charge is 0.257 e. The topological polar surface area (TPSA) is 88.3 Å². The Labute approximate surface area is 188 Å². The summed E-state index contributed by atoms with van der Waals surface area (Å²) < 4.78 is 0. The fourth-order valence-electron chi connectivity index (χ4n) is 4.45. The van der Waals surface area contributed by atoms with Crippen LogP contribution in [0.25, 0.3) is 11.1 Å². The van der Waals surface area contributed by atoms with E-state index in [0.717, 1.165) is 16.7 Å². The molecule has 0 aliphatic carbocycles. The van der Waals surface area contributed by atoms with Gasteiger partial charge in [0.15, 0.2) is 0 Å². The normalized spacial score (nSPS) is 17.8. The summed E-state index contributed by atoms with van der Waals surface area (Å²) in [5.41, 5.74) is 8.95. The molecule has 2 heterocycles. The third-order valence-corrected chi connectivity index (χ3v) is 6.11. The van der Waals surface area contributed by atoms with E-state index in [-0.39, 0.29) is 17.6 Å². The van der Waals surface area contributed by atoms with Crippen molar-refractivity contribution in [2.24, 2.45) is 5.41 Å². The van der Waals surface area contributed by atoms with Crippen molar-refractivity contribution in [2.75, 3.05) is 25.4 Å². The van der Waals surface area contributed by atoms with E-state index in [0.29, 0.717) is 38.0 Å². The highest BCUT2D eigenvalue weighted by Crippen LogP contribution is 2.36. The number of nitrogens with zero attached hydrogens (tertiary/aromatic N) is 2. The Kier molecular flexibility index (Phi) is 6.21. The van der Waals surface area contributed by atoms with Crippen LogP contribution in [-0.4, -0.2) is 41.3 Å². The van der Waals surface area contributed by atoms with Gasteiger partial charge in [0.2, 0.25) is 5.91 Å². The summed E-state index contributed by atoms with van der Waals surface area (Å²) >= 11 is 0. The molecule has 6 nitrogen and oxygen atoms in total. The quantitative estimate of drug-likeness (QED) is 0.629. The lowest BCUT2D eigenvalue weighted by molar-refractivity contribution is -0.130. The van der Waals surface area contributed by atoms with E-state index in [1.165, 1.54) is 0 Å². The Morgan fingerprint density at radius 3 is 2.59 bits per heavy atom. The number of hydrogen-bond donors (Lipinski definition) is 2. The van der Waals surface area contributed by atoms with Gasteiger partial charge in [0.1, 0.15) is 5.82 Å². The van der Waals surface area contributed by atoms with Gasteiger partial charge in [0.05, 0.1) is 11.0 Å². The van der Waals surface area contributed by atoms with Gasteiger partial charge in [0, 0.05) is 25.8 Å². The number of hydrogen-bond acceptors (Lipinski definition) is 4. The molecule has 1 saturated heterocycles. The van der Waals surface area contributed by atoms with Gasteiger partial charge in [-0.25, -0.2) is 4.98 Å². The Balaban J connectivity index is 1.61. The molecule has 3 N–H and O–H groups in total. The maximum atomic E-state index is 13.2. The van der Waals surface area contributed by atoms with Gasteiger partial charge in [0.25, 0.3) is 5.91 Å². The number of likely N-dealkylation sites (tertiary alicyclic amines) is 1. The van der Waals surface area contributed by atoms with Gasteiger partial charge in [-0.2, -0.15) is 0 Å². The first-order chi connectivity index (χ1) is 15.5. The summed E-state index contributed by atoms with van der Waals surface area (Å²) in [5, 5.41) is 2.99. The number of benzene rings is 2. The minimum absolute atomic E-state index is 0.0143. The molecule has 6 heteroatoms. The number of carbonyl (C=O) groups excluding carboxylic acids is 2. The lowest BCUT2D eigenvalue weighted by Crippen LogP contribution is -2.45. The van der Waals surface area contributed by atoms with Crippen LogP contribution < -0.4 is 11.1 Å². The van der Waals surface area contributed by atoms with Crippen LogP contribution in [0.4, 0.5) is 5.82 Å². The molecule has 2 aromatic carbocycles. The van der Waals surface area contributed by atoms with E-state index in [1.807, 2.05) is 31.2 Å². The second-order valence-corrected chi connectivity index (χ2v) is 8.30. The van der Waals surface area contributed by atoms with Crippen LogP contribution in [0, 0.1) is 5.41 Å². The molecule has 0 spiro atoms. The van der Waals surface area contributed by atoms with E-state index in [2.05, 4.69) is 40.6 Å². The molecule has 4 rings (SSSR count). The molecule has 32 heavy (non-hydrogen) atoms. The Bertz CT molecular complexity index is 1120. The van der Waals surface area contributed by atoms with Gasteiger partial charge in [-0.15, -0.1) is 0 Å². The van der Waals surface area contributed by atoms with Crippen molar-refractivity contribution in [1.29, 1.82) is 0 Å². The standard InChI is InChI=1S/C26H28N4O2/c1-2-28-25(32)26(13-15-30(18-26)24(31)22-12-7-14-29-23(22)27)17-19-8-6-11-21(16-19)20-9-4-3-5-10-20/h3-12,14,16H,2,13,15,17-18H2,1H3,(H2,27,29)(H,28,32)/t26-/m1/s1. The Morgan fingerprint density at radius 2 is 1.84 bits per heavy atom. The first-order valence-electron chi connectivity index (χ1n) is 10.9. The maximum absolute atomic E-state index is 13.2. The Hall–Kier alpha value is -3.67. The minimum Gasteiger partial charge on any atom is -0.383 e. The lowest BCUT2D eigenvalue weighted by atomic mass is 9.79. The van der Waals surface area contributed by atoms with Gasteiger partial charge in [-0.1, -0.05) is 54.6 Å². The third-order valence-electron chi connectivity index (χ3n) is 6.11. The van der Waals surface area contributed by atoms with E-state index >= 15 is 0 Å². The summed E-state index contributed by atoms with van der Waals surface area (Å²) in [6.45, 7) is 3.31. The predicted molar refractivity (Wildman–Crippen MR) is 126 cm³/mol. The molecule has 1 atom stereocenters. The number of aromatic nitrogens is 1. The number of pyridine rings is 1. The Morgan fingerprint density at radius 1 is 1.06 bits per heavy atom. The van der Waals surface area contributed by atoms with Crippen LogP contribution in [0.3, 0.4) is 0 Å². The molecule has 0 bridgehead atoms. The number of carbonyl (C=O) groups is 2. The molecule has 1 aromatic heterocycles. The van der Waals surface area contributed by atoms with Crippen molar-refractivity contribution in [3.63, 3.8) is 0 Å². The first-order valence-corrected chi connectivity index (χ1v) is 10.9. The SMILES string of the molecule is CCNC(=O)[C@@]1(Cc2cccc(-c3ccccc3)c2)CCN(C(=O)c2cccnc2N)C1. The van der Waals surface area contributed by atoms with Crippen LogP contribution in [0.2, 0.25) is 0 Å².